The lowest BCUT2D eigenvalue weighted by atomic mass is 10.2. The molecule has 16 heteroatoms. The average molecular weight is 491 g/mol. The molecule has 1 aromatic carbocycles. The Kier molecular flexibility index (Phi) is 7.95. The van der Waals surface area contributed by atoms with E-state index in [9.17, 15) is 24.4 Å². The SMILES string of the molecule is CC(=O)NNc1nc(C)c(C(=O)NNC(=O)C(=O)Nc2c(Cl)cc(N([O-])O)cc2Cl)s1. The third kappa shape index (κ3) is 6.40. The number of carbonyl (C=O) groups excluding carboxylic acids is 4. The predicted molar refractivity (Wildman–Crippen MR) is 113 cm³/mol. The highest BCUT2D eigenvalue weighted by atomic mass is 35.5. The molecule has 0 aliphatic rings. The Hall–Kier alpha value is -3.17. The first kappa shape index (κ1) is 24.1. The van der Waals surface area contributed by atoms with Gasteiger partial charge in [-0.3, -0.25) is 46.1 Å². The normalized spacial score (nSPS) is 10.1. The molecular formula is C15H14Cl2N7O6S-. The number of carbonyl (C=O) groups is 4. The van der Waals surface area contributed by atoms with E-state index in [2.05, 4.69) is 21.2 Å². The van der Waals surface area contributed by atoms with E-state index in [1.165, 1.54) is 13.8 Å². The Labute approximate surface area is 188 Å². The van der Waals surface area contributed by atoms with E-state index in [-0.39, 0.29) is 37.3 Å². The molecule has 13 nitrogen and oxygen atoms in total. The summed E-state index contributed by atoms with van der Waals surface area (Å²) in [5.74, 6) is -3.61. The summed E-state index contributed by atoms with van der Waals surface area (Å²) in [5, 5.41) is 21.2. The van der Waals surface area contributed by atoms with Crippen LogP contribution < -0.4 is 32.2 Å². The van der Waals surface area contributed by atoms with Crippen LogP contribution in [0.25, 0.3) is 0 Å². The first-order valence-electron chi connectivity index (χ1n) is 8.06. The molecule has 6 N–H and O–H groups in total. The molecule has 0 atom stereocenters. The number of halogens is 2. The first-order chi connectivity index (χ1) is 14.5. The van der Waals surface area contributed by atoms with Crippen molar-refractivity contribution in [3.63, 3.8) is 0 Å². The Bertz CT molecular complexity index is 1020. The highest BCUT2D eigenvalue weighted by molar-refractivity contribution is 7.17. The summed E-state index contributed by atoms with van der Waals surface area (Å²) in [6.45, 7) is 2.81. The average Bonchev–Trinajstić information content (AvgIpc) is 3.07. The molecule has 0 aliphatic carbocycles. The summed E-state index contributed by atoms with van der Waals surface area (Å²) in [6.07, 6.45) is 0. The van der Waals surface area contributed by atoms with Gasteiger partial charge >= 0.3 is 11.8 Å². The summed E-state index contributed by atoms with van der Waals surface area (Å²) >= 11 is 12.7. The van der Waals surface area contributed by atoms with Crippen molar-refractivity contribution in [3.05, 3.63) is 38.0 Å². The topological polar surface area (TPSA) is 188 Å². The summed E-state index contributed by atoms with van der Waals surface area (Å²) in [7, 11) is 0. The molecule has 0 spiro atoms. The van der Waals surface area contributed by atoms with Crippen LogP contribution >= 0.6 is 34.5 Å². The molecule has 166 valence electrons. The molecule has 0 saturated carbocycles. The second-order valence-electron chi connectivity index (χ2n) is 5.66. The maximum absolute atomic E-state index is 12.2. The molecule has 1 heterocycles. The third-order valence-electron chi connectivity index (χ3n) is 3.33. The molecule has 4 amide bonds. The van der Waals surface area contributed by atoms with Crippen LogP contribution in [0.4, 0.5) is 16.5 Å². The quantitative estimate of drug-likeness (QED) is 0.265. The fourth-order valence-electron chi connectivity index (χ4n) is 1.99. The zero-order chi connectivity index (χ0) is 23.3. The van der Waals surface area contributed by atoms with Crippen LogP contribution in [-0.4, -0.2) is 33.8 Å². The van der Waals surface area contributed by atoms with Gasteiger partial charge in [0.15, 0.2) is 0 Å². The number of rotatable bonds is 5. The van der Waals surface area contributed by atoms with Gasteiger partial charge in [-0.2, -0.15) is 0 Å². The van der Waals surface area contributed by atoms with Gasteiger partial charge in [0.2, 0.25) is 11.0 Å². The summed E-state index contributed by atoms with van der Waals surface area (Å²) in [6, 6.07) is 2.02. The van der Waals surface area contributed by atoms with Crippen LogP contribution in [0.15, 0.2) is 12.1 Å². The van der Waals surface area contributed by atoms with Crippen LogP contribution in [-0.2, 0) is 14.4 Å². The van der Waals surface area contributed by atoms with E-state index >= 15 is 0 Å². The number of benzene rings is 1. The zero-order valence-corrected chi connectivity index (χ0v) is 18.0. The van der Waals surface area contributed by atoms with E-state index in [4.69, 9.17) is 28.4 Å². The number of amides is 4. The molecule has 0 fully saturated rings. The van der Waals surface area contributed by atoms with Crippen LogP contribution in [0.1, 0.15) is 22.3 Å². The molecule has 0 aliphatic heterocycles. The molecule has 0 bridgehead atoms. The highest BCUT2D eigenvalue weighted by Gasteiger charge is 2.20. The van der Waals surface area contributed by atoms with E-state index in [1.54, 1.807) is 0 Å². The smallest absolute Gasteiger partial charge is 0.328 e. The van der Waals surface area contributed by atoms with Gasteiger partial charge in [-0.1, -0.05) is 34.5 Å². The molecule has 2 rings (SSSR count). The van der Waals surface area contributed by atoms with Gasteiger partial charge in [-0.05, 0) is 19.1 Å². The summed E-state index contributed by atoms with van der Waals surface area (Å²) in [4.78, 5) is 51.2. The van der Waals surface area contributed by atoms with Crippen molar-refractivity contribution in [3.8, 4) is 0 Å². The molecule has 0 unspecified atom stereocenters. The first-order valence-corrected chi connectivity index (χ1v) is 9.63. The van der Waals surface area contributed by atoms with Crippen LogP contribution in [0, 0.1) is 12.1 Å². The van der Waals surface area contributed by atoms with E-state index < -0.39 is 22.9 Å². The van der Waals surface area contributed by atoms with Gasteiger partial charge in [-0.15, -0.1) is 0 Å². The van der Waals surface area contributed by atoms with Crippen molar-refractivity contribution in [2.45, 2.75) is 13.8 Å². The van der Waals surface area contributed by atoms with E-state index in [0.717, 1.165) is 23.5 Å². The predicted octanol–water partition coefficient (Wildman–Crippen LogP) is 1.31. The maximum Gasteiger partial charge on any atom is 0.328 e. The molecule has 31 heavy (non-hydrogen) atoms. The number of nitrogens with zero attached hydrogens (tertiary/aromatic N) is 2. The van der Waals surface area contributed by atoms with Crippen molar-refractivity contribution in [2.75, 3.05) is 16.0 Å². The van der Waals surface area contributed by atoms with Gasteiger partial charge in [0.25, 0.3) is 5.91 Å². The monoisotopic (exact) mass is 490 g/mol. The standard InChI is InChI=1S/C15H14Cl2N7O6S/c1-5-11(31-15(18-5)23-20-6(2)25)12(26)21-22-14(28)13(27)19-10-8(16)3-7(24(29)30)4-9(10)17/h3-4,29H,1-2H3,(H,18,23)(H,19,27)(H,20,25)(H,21,26)(H,22,28)/q-1. The van der Waals surface area contributed by atoms with E-state index in [1.807, 2.05) is 10.9 Å². The Morgan fingerprint density at radius 3 is 2.26 bits per heavy atom. The lowest BCUT2D eigenvalue weighted by Gasteiger charge is -2.22. The zero-order valence-electron chi connectivity index (χ0n) is 15.7. The van der Waals surface area contributed by atoms with Crippen LogP contribution in [0.3, 0.4) is 0 Å². The van der Waals surface area contributed by atoms with Crippen LogP contribution in [0.5, 0.6) is 0 Å². The van der Waals surface area contributed by atoms with Crippen LogP contribution in [0.2, 0.25) is 10.0 Å². The number of nitrogens with one attached hydrogen (secondary N) is 5. The second kappa shape index (κ2) is 10.2. The highest BCUT2D eigenvalue weighted by Crippen LogP contribution is 2.34. The summed E-state index contributed by atoms with van der Waals surface area (Å²) < 4.78 is 0. The Morgan fingerprint density at radius 2 is 1.71 bits per heavy atom. The van der Waals surface area contributed by atoms with Crippen molar-refractivity contribution < 1.29 is 24.4 Å². The molecule has 2 aromatic rings. The number of aryl methyl sites for hydroxylation is 1. The number of hydrogen-bond acceptors (Lipinski definition) is 10. The summed E-state index contributed by atoms with van der Waals surface area (Å²) in [5.41, 5.74) is 8.59. The fourth-order valence-corrected chi connectivity index (χ4v) is 3.37. The van der Waals surface area contributed by atoms with Gasteiger partial charge in [0, 0.05) is 6.92 Å². The lowest BCUT2D eigenvalue weighted by Crippen LogP contribution is -2.46. The van der Waals surface area contributed by atoms with Crippen molar-refractivity contribution in [2.24, 2.45) is 0 Å². The van der Waals surface area contributed by atoms with Crippen molar-refractivity contribution in [1.29, 1.82) is 0 Å². The number of aromatic nitrogens is 1. The van der Waals surface area contributed by atoms with Gasteiger partial charge in [0.1, 0.15) is 4.88 Å². The number of anilines is 3. The van der Waals surface area contributed by atoms with Gasteiger partial charge < -0.3 is 15.8 Å². The second-order valence-corrected chi connectivity index (χ2v) is 7.47. The molecular weight excluding hydrogens is 477 g/mol. The van der Waals surface area contributed by atoms with Gasteiger partial charge in [-0.25, -0.2) is 4.98 Å². The third-order valence-corrected chi connectivity index (χ3v) is 5.00. The minimum absolute atomic E-state index is 0.112. The molecule has 0 radical (unpaired) electrons. The minimum atomic E-state index is -1.25. The number of hydrogen-bond donors (Lipinski definition) is 6. The minimum Gasteiger partial charge on any atom is -0.733 e. The molecule has 1 aromatic heterocycles. The van der Waals surface area contributed by atoms with Crippen molar-refractivity contribution >= 4 is 74.7 Å². The Morgan fingerprint density at radius 1 is 1.10 bits per heavy atom. The largest absolute Gasteiger partial charge is 0.733 e. The van der Waals surface area contributed by atoms with Crippen molar-refractivity contribution in [1.82, 2.24) is 21.3 Å². The van der Waals surface area contributed by atoms with Gasteiger partial charge in [0.05, 0.1) is 27.1 Å². The van der Waals surface area contributed by atoms with E-state index in [0.29, 0.717) is 5.69 Å². The number of thiazole rings is 1. The fraction of sp³-hybridized carbons (Fsp3) is 0.133. The number of hydrazine groups is 2. The maximum atomic E-state index is 12.2. The molecule has 0 saturated heterocycles. The lowest BCUT2D eigenvalue weighted by molar-refractivity contribution is -0.136. The Balaban J connectivity index is 1.98.